The number of nitrogens with one attached hydrogen (secondary N) is 2. The predicted octanol–water partition coefficient (Wildman–Crippen LogP) is 4.89. The highest BCUT2D eigenvalue weighted by Gasteiger charge is 2.40. The van der Waals surface area contributed by atoms with Crippen LogP contribution in [0.4, 0.5) is 11.4 Å². The van der Waals surface area contributed by atoms with E-state index in [1.54, 1.807) is 44.8 Å². The lowest BCUT2D eigenvalue weighted by atomic mass is 9.79. The van der Waals surface area contributed by atoms with Crippen LogP contribution in [0.1, 0.15) is 83.7 Å². The number of benzene rings is 2. The molecule has 4 nitrogen and oxygen atoms in total. The molecule has 2 aliphatic carbocycles. The number of anilines is 2. The van der Waals surface area contributed by atoms with Gasteiger partial charge in [-0.2, -0.15) is 0 Å². The van der Waals surface area contributed by atoms with Gasteiger partial charge in [-0.15, -0.1) is 0 Å². The van der Waals surface area contributed by atoms with Gasteiger partial charge in [0.25, 0.3) is 0 Å². The fourth-order valence-corrected chi connectivity index (χ4v) is 8.98. The Balaban J connectivity index is 1.21. The summed E-state index contributed by atoms with van der Waals surface area (Å²) in [6, 6.07) is 10.4. The maximum atomic E-state index is 3.73. The van der Waals surface area contributed by atoms with Crippen molar-refractivity contribution in [3.63, 3.8) is 0 Å². The van der Waals surface area contributed by atoms with Crippen LogP contribution in [-0.4, -0.2) is 39.3 Å². The van der Waals surface area contributed by atoms with E-state index in [2.05, 4.69) is 44.7 Å². The second-order valence-electron chi connectivity index (χ2n) is 12.4. The largest absolute Gasteiger partial charge is 0.369 e. The van der Waals surface area contributed by atoms with E-state index in [1.807, 2.05) is 0 Å². The second-order valence-corrected chi connectivity index (χ2v) is 12.4. The summed E-state index contributed by atoms with van der Waals surface area (Å²) >= 11 is 0. The summed E-state index contributed by atoms with van der Waals surface area (Å²) in [5.74, 6) is 3.33. The van der Waals surface area contributed by atoms with Crippen molar-refractivity contribution in [2.45, 2.75) is 69.9 Å². The van der Waals surface area contributed by atoms with Gasteiger partial charge in [0, 0.05) is 63.7 Å². The molecule has 4 heterocycles. The first-order valence-corrected chi connectivity index (χ1v) is 14.5. The summed E-state index contributed by atoms with van der Waals surface area (Å²) in [5.41, 5.74) is 12.8. The highest BCUT2D eigenvalue weighted by molar-refractivity contribution is 5.67. The Hall–Kier alpha value is -2.04. The van der Waals surface area contributed by atoms with Crippen molar-refractivity contribution in [3.05, 3.63) is 57.6 Å². The van der Waals surface area contributed by atoms with Crippen LogP contribution in [0, 0.1) is 11.8 Å². The Morgan fingerprint density at radius 2 is 1.17 bits per heavy atom. The van der Waals surface area contributed by atoms with Crippen molar-refractivity contribution in [2.75, 3.05) is 49.1 Å². The molecule has 8 rings (SSSR count). The summed E-state index contributed by atoms with van der Waals surface area (Å²) in [6.45, 7) is 9.19. The molecule has 4 heteroatoms. The quantitative estimate of drug-likeness (QED) is 0.657. The number of rotatable bonds is 2. The molecule has 2 N–H and O–H groups in total. The zero-order chi connectivity index (χ0) is 22.9. The highest BCUT2D eigenvalue weighted by atomic mass is 15.2. The Bertz CT molecular complexity index is 1070. The van der Waals surface area contributed by atoms with Crippen molar-refractivity contribution >= 4 is 11.4 Å². The first kappa shape index (κ1) is 21.1. The first-order valence-electron chi connectivity index (χ1n) is 14.5. The van der Waals surface area contributed by atoms with Crippen LogP contribution in [0.3, 0.4) is 0 Å². The molecule has 2 aromatic rings. The highest BCUT2D eigenvalue weighted by Crippen LogP contribution is 2.51. The van der Waals surface area contributed by atoms with Crippen molar-refractivity contribution in [1.82, 2.24) is 10.6 Å². The van der Waals surface area contributed by atoms with Gasteiger partial charge in [-0.3, -0.25) is 0 Å². The van der Waals surface area contributed by atoms with Gasteiger partial charge in [-0.25, -0.2) is 0 Å². The van der Waals surface area contributed by atoms with E-state index >= 15 is 0 Å². The molecule has 35 heavy (non-hydrogen) atoms. The monoisotopic (exact) mass is 468 g/mol. The molecule has 2 saturated carbocycles. The van der Waals surface area contributed by atoms with Gasteiger partial charge in [-0.1, -0.05) is 37.1 Å². The van der Waals surface area contributed by atoms with Crippen molar-refractivity contribution < 1.29 is 0 Å². The Kier molecular flexibility index (Phi) is 4.97. The summed E-state index contributed by atoms with van der Waals surface area (Å²) in [6.07, 6.45) is 9.56. The third-order valence-electron chi connectivity index (χ3n) is 10.4. The molecule has 0 aromatic heterocycles. The fourth-order valence-electron chi connectivity index (χ4n) is 8.98. The van der Waals surface area contributed by atoms with E-state index in [9.17, 15) is 0 Å². The molecular formula is C31H40N4. The molecule has 184 valence electrons. The fraction of sp³-hybridized carbons (Fsp3) is 0.613. The van der Waals surface area contributed by atoms with Crippen LogP contribution < -0.4 is 20.4 Å². The lowest BCUT2D eigenvalue weighted by Gasteiger charge is -2.39. The van der Waals surface area contributed by atoms with Gasteiger partial charge in [0.15, 0.2) is 0 Å². The Labute approximate surface area is 210 Å². The summed E-state index contributed by atoms with van der Waals surface area (Å²) in [5, 5.41) is 7.46. The van der Waals surface area contributed by atoms with Gasteiger partial charge in [-0.05, 0) is 89.2 Å². The smallest absolute Gasteiger partial charge is 0.0448 e. The van der Waals surface area contributed by atoms with Crippen LogP contribution in [-0.2, 0) is 19.5 Å². The average Bonchev–Trinajstić information content (AvgIpc) is 3.43. The van der Waals surface area contributed by atoms with Crippen LogP contribution >= 0.6 is 0 Å². The number of hydrogen-bond donors (Lipinski definition) is 2. The standard InChI is InChI=1S/C31H40N4/c1-3-22-18-34-9-7-32-16-24-12-20(14-28(30(24)34)26(22)5-1)11-21-13-25-17-33-8-10-35-19-23-4-2-6-27(23)29(15-21)31(25)35/h12-15,22-23,26-27,32-33H,1-11,16-19H2/t22-,23+,26-,27+. The molecule has 0 radical (unpaired) electrons. The van der Waals surface area contributed by atoms with Gasteiger partial charge < -0.3 is 20.4 Å². The van der Waals surface area contributed by atoms with E-state index in [0.717, 1.165) is 56.3 Å². The van der Waals surface area contributed by atoms with E-state index in [1.165, 1.54) is 64.7 Å². The third kappa shape index (κ3) is 3.39. The van der Waals surface area contributed by atoms with Crippen LogP contribution in [0.15, 0.2) is 24.3 Å². The average molecular weight is 469 g/mol. The summed E-state index contributed by atoms with van der Waals surface area (Å²) < 4.78 is 0. The molecule has 4 aliphatic heterocycles. The number of nitrogens with zero attached hydrogens (tertiary/aromatic N) is 2. The topological polar surface area (TPSA) is 30.5 Å². The van der Waals surface area contributed by atoms with Gasteiger partial charge >= 0.3 is 0 Å². The molecule has 2 aromatic carbocycles. The molecule has 6 aliphatic rings. The third-order valence-corrected chi connectivity index (χ3v) is 10.4. The maximum absolute atomic E-state index is 3.73. The summed E-state index contributed by atoms with van der Waals surface area (Å²) in [4.78, 5) is 5.46. The minimum Gasteiger partial charge on any atom is -0.369 e. The SMILES string of the molecule is c1c(Cc2cc3c4c(c2)[C@@H]2CCC[C@@H]2CN4CCNC3)cc2c3c1CNCCN3C[C@@H]1CCC[C@H]21. The maximum Gasteiger partial charge on any atom is 0.0448 e. The Morgan fingerprint density at radius 3 is 1.69 bits per heavy atom. The lowest BCUT2D eigenvalue weighted by Crippen LogP contribution is -2.38. The zero-order valence-electron chi connectivity index (χ0n) is 21.1. The lowest BCUT2D eigenvalue weighted by molar-refractivity contribution is 0.454. The van der Waals surface area contributed by atoms with Crippen LogP contribution in [0.25, 0.3) is 0 Å². The number of hydrogen-bond acceptors (Lipinski definition) is 4. The van der Waals surface area contributed by atoms with Gasteiger partial charge in [0.2, 0.25) is 0 Å². The first-order chi connectivity index (χ1) is 17.3. The number of fused-ring (bicyclic) bond motifs is 4. The minimum atomic E-state index is 0.795. The molecular weight excluding hydrogens is 428 g/mol. The molecule has 4 atom stereocenters. The molecule has 0 unspecified atom stereocenters. The summed E-state index contributed by atoms with van der Waals surface area (Å²) in [7, 11) is 0. The molecule has 0 bridgehead atoms. The predicted molar refractivity (Wildman–Crippen MR) is 144 cm³/mol. The molecule has 0 saturated heterocycles. The molecule has 0 amide bonds. The van der Waals surface area contributed by atoms with Crippen molar-refractivity contribution in [1.29, 1.82) is 0 Å². The second kappa shape index (κ2) is 8.24. The molecule has 2 fully saturated rings. The van der Waals surface area contributed by atoms with Gasteiger partial charge in [0.05, 0.1) is 0 Å². The van der Waals surface area contributed by atoms with Crippen LogP contribution in [0.2, 0.25) is 0 Å². The molecule has 0 spiro atoms. The van der Waals surface area contributed by atoms with E-state index in [4.69, 9.17) is 0 Å². The zero-order valence-corrected chi connectivity index (χ0v) is 21.1. The van der Waals surface area contributed by atoms with Crippen molar-refractivity contribution in [2.24, 2.45) is 11.8 Å². The van der Waals surface area contributed by atoms with Crippen LogP contribution in [0.5, 0.6) is 0 Å². The normalized spacial score (nSPS) is 30.7. The Morgan fingerprint density at radius 1 is 0.657 bits per heavy atom. The van der Waals surface area contributed by atoms with E-state index < -0.39 is 0 Å². The van der Waals surface area contributed by atoms with E-state index in [-0.39, 0.29) is 0 Å². The van der Waals surface area contributed by atoms with Crippen molar-refractivity contribution in [3.8, 4) is 0 Å². The minimum absolute atomic E-state index is 0.795. The van der Waals surface area contributed by atoms with Gasteiger partial charge in [0.1, 0.15) is 0 Å². The van der Waals surface area contributed by atoms with E-state index in [0.29, 0.717) is 0 Å².